The molecule has 0 aliphatic heterocycles. The van der Waals surface area contributed by atoms with Crippen molar-refractivity contribution in [2.24, 2.45) is 5.92 Å². The van der Waals surface area contributed by atoms with Crippen LogP contribution in [0.3, 0.4) is 0 Å². The van der Waals surface area contributed by atoms with Gasteiger partial charge in [-0.3, -0.25) is 0 Å². The van der Waals surface area contributed by atoms with E-state index in [9.17, 15) is 9.50 Å². The van der Waals surface area contributed by atoms with Gasteiger partial charge in [0.15, 0.2) is 0 Å². The highest BCUT2D eigenvalue weighted by Gasteiger charge is 2.32. The minimum absolute atomic E-state index is 0.0172. The molecule has 4 heteroatoms. The van der Waals surface area contributed by atoms with E-state index in [1.165, 1.54) is 12.1 Å². The lowest BCUT2D eigenvalue weighted by Crippen LogP contribution is -2.42. The van der Waals surface area contributed by atoms with Gasteiger partial charge in [-0.15, -0.1) is 0 Å². The van der Waals surface area contributed by atoms with Crippen molar-refractivity contribution in [3.05, 3.63) is 34.6 Å². The van der Waals surface area contributed by atoms with E-state index in [2.05, 4.69) is 0 Å². The Kier molecular flexibility index (Phi) is 4.92. The average Bonchev–Trinajstić information content (AvgIpc) is 2.22. The second-order valence-electron chi connectivity index (χ2n) is 4.60. The third-order valence-electron chi connectivity index (χ3n) is 2.98. The summed E-state index contributed by atoms with van der Waals surface area (Å²) in [5.41, 5.74) is -0.266. The predicted octanol–water partition coefficient (Wildman–Crippen LogP) is 3.06. The van der Waals surface area contributed by atoms with Gasteiger partial charge in [-0.1, -0.05) is 31.5 Å². The fraction of sp³-hybridized carbons (Fsp3) is 0.538. The van der Waals surface area contributed by atoms with Crippen LogP contribution >= 0.6 is 11.6 Å². The quantitative estimate of drug-likeness (QED) is 0.882. The molecule has 0 aromatic heterocycles. The van der Waals surface area contributed by atoms with E-state index < -0.39 is 5.60 Å². The van der Waals surface area contributed by atoms with Gasteiger partial charge in [0.1, 0.15) is 5.82 Å². The Morgan fingerprint density at radius 3 is 2.59 bits per heavy atom. The molecule has 2 nitrogen and oxygen atoms in total. The first-order chi connectivity index (χ1) is 7.89. The van der Waals surface area contributed by atoms with Crippen LogP contribution in [0.2, 0.25) is 5.02 Å². The van der Waals surface area contributed by atoms with Crippen molar-refractivity contribution in [1.82, 2.24) is 0 Å². The van der Waals surface area contributed by atoms with E-state index in [1.807, 2.05) is 13.8 Å². The number of benzene rings is 1. The zero-order valence-corrected chi connectivity index (χ0v) is 11.1. The zero-order chi connectivity index (χ0) is 13.1. The van der Waals surface area contributed by atoms with Crippen LogP contribution in [-0.4, -0.2) is 24.4 Å². The van der Waals surface area contributed by atoms with Crippen LogP contribution in [-0.2, 0) is 11.2 Å². The molecule has 1 aromatic rings. The second-order valence-corrected chi connectivity index (χ2v) is 5.01. The van der Waals surface area contributed by atoms with Crippen molar-refractivity contribution in [1.29, 1.82) is 0 Å². The molecule has 17 heavy (non-hydrogen) atoms. The molecule has 0 aliphatic carbocycles. The fourth-order valence-corrected chi connectivity index (χ4v) is 1.90. The Morgan fingerprint density at radius 1 is 1.47 bits per heavy atom. The SMILES string of the molecule is COCC(O)(Cc1ccc(F)cc1Cl)C(C)C. The highest BCUT2D eigenvalue weighted by molar-refractivity contribution is 6.31. The second kappa shape index (κ2) is 5.80. The molecule has 1 atom stereocenters. The summed E-state index contributed by atoms with van der Waals surface area (Å²) in [6.45, 7) is 4.05. The third-order valence-corrected chi connectivity index (χ3v) is 3.33. The molecule has 0 aliphatic rings. The molecule has 1 rings (SSSR count). The van der Waals surface area contributed by atoms with Crippen LogP contribution < -0.4 is 0 Å². The smallest absolute Gasteiger partial charge is 0.124 e. The van der Waals surface area contributed by atoms with Crippen LogP contribution in [0.15, 0.2) is 18.2 Å². The molecule has 0 saturated carbocycles. The highest BCUT2D eigenvalue weighted by atomic mass is 35.5. The lowest BCUT2D eigenvalue weighted by atomic mass is 9.85. The Hall–Kier alpha value is -0.640. The van der Waals surface area contributed by atoms with E-state index in [1.54, 1.807) is 13.2 Å². The minimum Gasteiger partial charge on any atom is -0.387 e. The van der Waals surface area contributed by atoms with Gasteiger partial charge in [0, 0.05) is 18.6 Å². The summed E-state index contributed by atoms with van der Waals surface area (Å²) in [5, 5.41) is 10.8. The topological polar surface area (TPSA) is 29.5 Å². The van der Waals surface area contributed by atoms with Crippen molar-refractivity contribution in [3.8, 4) is 0 Å². The lowest BCUT2D eigenvalue weighted by Gasteiger charge is -2.31. The maximum atomic E-state index is 12.9. The van der Waals surface area contributed by atoms with Gasteiger partial charge < -0.3 is 9.84 Å². The van der Waals surface area contributed by atoms with Gasteiger partial charge in [0.05, 0.1) is 12.2 Å². The summed E-state index contributed by atoms with van der Waals surface area (Å²) in [7, 11) is 1.54. The molecule has 1 unspecified atom stereocenters. The van der Waals surface area contributed by atoms with E-state index in [4.69, 9.17) is 16.3 Å². The van der Waals surface area contributed by atoms with Crippen molar-refractivity contribution in [2.75, 3.05) is 13.7 Å². The van der Waals surface area contributed by atoms with Gasteiger partial charge in [0.25, 0.3) is 0 Å². The number of hydrogen-bond acceptors (Lipinski definition) is 2. The van der Waals surface area contributed by atoms with Gasteiger partial charge >= 0.3 is 0 Å². The summed E-state index contributed by atoms with van der Waals surface area (Å²) in [4.78, 5) is 0. The maximum absolute atomic E-state index is 12.9. The summed E-state index contributed by atoms with van der Waals surface area (Å²) >= 11 is 5.95. The van der Waals surface area contributed by atoms with Crippen molar-refractivity contribution < 1.29 is 14.2 Å². The molecular weight excluding hydrogens is 243 g/mol. The highest BCUT2D eigenvalue weighted by Crippen LogP contribution is 2.27. The minimum atomic E-state index is -0.990. The van der Waals surface area contributed by atoms with Gasteiger partial charge in [-0.05, 0) is 23.6 Å². The maximum Gasteiger partial charge on any atom is 0.124 e. The fourth-order valence-electron chi connectivity index (χ4n) is 1.67. The molecule has 0 saturated heterocycles. The molecule has 0 fully saturated rings. The molecule has 1 aromatic carbocycles. The first-order valence-electron chi connectivity index (χ1n) is 5.54. The van der Waals surface area contributed by atoms with Crippen LogP contribution in [0.25, 0.3) is 0 Å². The van der Waals surface area contributed by atoms with Crippen LogP contribution in [0.5, 0.6) is 0 Å². The van der Waals surface area contributed by atoms with Gasteiger partial charge in [-0.25, -0.2) is 4.39 Å². The molecule has 96 valence electrons. The zero-order valence-electron chi connectivity index (χ0n) is 10.3. The summed E-state index contributed by atoms with van der Waals surface area (Å²) in [6.07, 6.45) is 0.345. The van der Waals surface area contributed by atoms with Crippen LogP contribution in [0, 0.1) is 11.7 Å². The number of methoxy groups -OCH3 is 1. The molecule has 0 heterocycles. The Bertz CT molecular complexity index is 382. The number of aliphatic hydroxyl groups is 1. The van der Waals surface area contributed by atoms with Gasteiger partial charge in [-0.2, -0.15) is 0 Å². The number of rotatable bonds is 5. The summed E-state index contributed by atoms with van der Waals surface area (Å²) in [6, 6.07) is 4.19. The summed E-state index contributed by atoms with van der Waals surface area (Å²) in [5.74, 6) is -0.359. The van der Waals surface area contributed by atoms with Crippen LogP contribution in [0.1, 0.15) is 19.4 Å². The number of halogens is 2. The average molecular weight is 261 g/mol. The number of ether oxygens (including phenoxy) is 1. The van der Waals surface area contributed by atoms with Crippen molar-refractivity contribution in [3.63, 3.8) is 0 Å². The molecule has 0 amide bonds. The number of hydrogen-bond donors (Lipinski definition) is 1. The summed E-state index contributed by atoms with van der Waals surface area (Å²) < 4.78 is 18.0. The predicted molar refractivity (Wildman–Crippen MR) is 66.8 cm³/mol. The largest absolute Gasteiger partial charge is 0.387 e. The van der Waals surface area contributed by atoms with Gasteiger partial charge in [0.2, 0.25) is 0 Å². The standard InChI is InChI=1S/C13H18ClFO2/c1-9(2)13(16,8-17-3)7-10-4-5-11(15)6-12(10)14/h4-6,9,16H,7-8H2,1-3H3. The van der Waals surface area contributed by atoms with E-state index in [0.29, 0.717) is 11.4 Å². The van der Waals surface area contributed by atoms with Crippen molar-refractivity contribution >= 4 is 11.6 Å². The molecular formula is C13H18ClFO2. The van der Waals surface area contributed by atoms with E-state index in [-0.39, 0.29) is 18.3 Å². The normalized spacial score (nSPS) is 15.0. The monoisotopic (exact) mass is 260 g/mol. The Morgan fingerprint density at radius 2 is 2.12 bits per heavy atom. The third kappa shape index (κ3) is 3.66. The first kappa shape index (κ1) is 14.4. The molecule has 1 N–H and O–H groups in total. The molecule has 0 radical (unpaired) electrons. The van der Waals surface area contributed by atoms with E-state index in [0.717, 1.165) is 5.56 Å². The Labute approximate surface area is 106 Å². The molecule has 0 bridgehead atoms. The van der Waals surface area contributed by atoms with Crippen molar-refractivity contribution in [2.45, 2.75) is 25.9 Å². The molecule has 0 spiro atoms. The van der Waals surface area contributed by atoms with E-state index >= 15 is 0 Å². The first-order valence-corrected chi connectivity index (χ1v) is 5.92. The lowest BCUT2D eigenvalue weighted by molar-refractivity contribution is -0.0637. The van der Waals surface area contributed by atoms with Crippen LogP contribution in [0.4, 0.5) is 4.39 Å². The Balaban J connectivity index is 2.93.